The van der Waals surface area contributed by atoms with Gasteiger partial charge in [0.15, 0.2) is 5.11 Å². The second-order valence-corrected chi connectivity index (χ2v) is 3.65. The normalized spacial score (nSPS) is 8.71. The van der Waals surface area contributed by atoms with Crippen LogP contribution in [0.25, 0.3) is 0 Å². The molecule has 0 spiro atoms. The molecule has 0 saturated carbocycles. The molecular formula is C13H20N2OS. The molecular weight excluding hydrogens is 232 g/mol. The molecule has 4 heteroatoms. The highest BCUT2D eigenvalue weighted by molar-refractivity contribution is 7.80. The van der Waals surface area contributed by atoms with Gasteiger partial charge in [0, 0.05) is 19.2 Å². The highest BCUT2D eigenvalue weighted by atomic mass is 32.1. The van der Waals surface area contributed by atoms with Gasteiger partial charge in [0.2, 0.25) is 0 Å². The summed E-state index contributed by atoms with van der Waals surface area (Å²) >= 11 is 5.00. The first-order valence-corrected chi connectivity index (χ1v) is 6.10. The summed E-state index contributed by atoms with van der Waals surface area (Å²) < 4.78 is 0. The number of rotatable bonds is 3. The smallest absolute Gasteiger partial charge is 0.170 e. The van der Waals surface area contributed by atoms with Gasteiger partial charge in [0.1, 0.15) is 5.78 Å². The number of ketones is 1. The summed E-state index contributed by atoms with van der Waals surface area (Å²) in [5.74, 6) is 0.139. The molecule has 94 valence electrons. The number of nitrogens with one attached hydrogen (secondary N) is 2. The van der Waals surface area contributed by atoms with Gasteiger partial charge >= 0.3 is 0 Å². The van der Waals surface area contributed by atoms with Crippen molar-refractivity contribution in [2.75, 3.05) is 12.4 Å². The molecule has 0 aliphatic carbocycles. The summed E-state index contributed by atoms with van der Waals surface area (Å²) in [6, 6.07) is 7.64. The number of hydrogen-bond acceptors (Lipinski definition) is 2. The van der Waals surface area contributed by atoms with Crippen LogP contribution in [-0.2, 0) is 11.2 Å². The third-order valence-electron chi connectivity index (χ3n) is 1.93. The molecule has 0 radical (unpaired) electrons. The van der Waals surface area contributed by atoms with Gasteiger partial charge in [0.25, 0.3) is 0 Å². The average Bonchev–Trinajstić information content (AvgIpc) is 2.33. The predicted octanol–water partition coefficient (Wildman–Crippen LogP) is 2.76. The quantitative estimate of drug-likeness (QED) is 0.812. The Morgan fingerprint density at radius 1 is 1.29 bits per heavy atom. The fourth-order valence-electron chi connectivity index (χ4n) is 1.25. The van der Waals surface area contributed by atoms with Crippen LogP contribution in [0.3, 0.4) is 0 Å². The lowest BCUT2D eigenvalue weighted by Crippen LogP contribution is -2.24. The standard InChI is InChI=1S/C11H14N2OS.C2H6/c1-8(14)7-9-5-3-4-6-10(9)13-11(15)12-2;1-2/h3-6H,7H2,1-2H3,(H2,12,13,15);1-2H3. The zero-order valence-electron chi connectivity index (χ0n) is 10.8. The van der Waals surface area contributed by atoms with Gasteiger partial charge < -0.3 is 10.6 Å². The van der Waals surface area contributed by atoms with Crippen molar-refractivity contribution in [1.82, 2.24) is 5.32 Å². The summed E-state index contributed by atoms with van der Waals surface area (Å²) in [5, 5.41) is 6.41. The molecule has 0 aromatic heterocycles. The number of carbonyl (C=O) groups excluding carboxylic acids is 1. The van der Waals surface area contributed by atoms with E-state index in [1.54, 1.807) is 14.0 Å². The molecule has 1 aromatic carbocycles. The Bertz CT molecular complexity index is 377. The molecule has 0 atom stereocenters. The molecule has 0 fully saturated rings. The van der Waals surface area contributed by atoms with E-state index in [-0.39, 0.29) is 5.78 Å². The topological polar surface area (TPSA) is 41.1 Å². The first-order chi connectivity index (χ1) is 8.13. The number of para-hydroxylation sites is 1. The molecule has 2 N–H and O–H groups in total. The Kier molecular flexibility index (Phi) is 7.97. The maximum atomic E-state index is 11.0. The van der Waals surface area contributed by atoms with E-state index in [0.29, 0.717) is 11.5 Å². The van der Waals surface area contributed by atoms with E-state index >= 15 is 0 Å². The maximum Gasteiger partial charge on any atom is 0.170 e. The van der Waals surface area contributed by atoms with Crippen LogP contribution in [0.1, 0.15) is 26.3 Å². The largest absolute Gasteiger partial charge is 0.366 e. The SMILES string of the molecule is CC.CNC(=S)Nc1ccccc1CC(C)=O. The second-order valence-electron chi connectivity index (χ2n) is 3.24. The van der Waals surface area contributed by atoms with Gasteiger partial charge in [-0.1, -0.05) is 32.0 Å². The highest BCUT2D eigenvalue weighted by Gasteiger charge is 2.04. The Labute approximate surface area is 109 Å². The van der Waals surface area contributed by atoms with Gasteiger partial charge in [-0.15, -0.1) is 0 Å². The number of thiocarbonyl (C=S) groups is 1. The van der Waals surface area contributed by atoms with Crippen LogP contribution in [0.5, 0.6) is 0 Å². The van der Waals surface area contributed by atoms with Crippen molar-refractivity contribution in [3.8, 4) is 0 Å². The summed E-state index contributed by atoms with van der Waals surface area (Å²) in [7, 11) is 1.75. The highest BCUT2D eigenvalue weighted by Crippen LogP contribution is 2.15. The van der Waals surface area contributed by atoms with Crippen LogP contribution >= 0.6 is 12.2 Å². The van der Waals surface area contributed by atoms with Crippen molar-refractivity contribution in [2.24, 2.45) is 0 Å². The average molecular weight is 252 g/mol. The number of hydrogen-bond donors (Lipinski definition) is 2. The Balaban J connectivity index is 0.00000121. The molecule has 0 saturated heterocycles. The van der Waals surface area contributed by atoms with Gasteiger partial charge in [-0.2, -0.15) is 0 Å². The zero-order valence-corrected chi connectivity index (χ0v) is 11.6. The van der Waals surface area contributed by atoms with Gasteiger partial charge in [-0.25, -0.2) is 0 Å². The number of Topliss-reactive ketones (excluding diaryl/α,β-unsaturated/α-hetero) is 1. The lowest BCUT2D eigenvalue weighted by molar-refractivity contribution is -0.116. The van der Waals surface area contributed by atoms with E-state index in [0.717, 1.165) is 11.3 Å². The van der Waals surface area contributed by atoms with E-state index in [2.05, 4.69) is 10.6 Å². The minimum atomic E-state index is 0.139. The van der Waals surface area contributed by atoms with Crippen LogP contribution in [-0.4, -0.2) is 17.9 Å². The lowest BCUT2D eigenvalue weighted by atomic mass is 10.1. The molecule has 1 rings (SSSR count). The van der Waals surface area contributed by atoms with Crippen LogP contribution in [0.15, 0.2) is 24.3 Å². The summed E-state index contributed by atoms with van der Waals surface area (Å²) in [6.07, 6.45) is 0.426. The van der Waals surface area contributed by atoms with Crippen molar-refractivity contribution in [1.29, 1.82) is 0 Å². The van der Waals surface area contributed by atoms with Gasteiger partial charge in [0.05, 0.1) is 0 Å². The monoisotopic (exact) mass is 252 g/mol. The molecule has 17 heavy (non-hydrogen) atoms. The van der Waals surface area contributed by atoms with Crippen LogP contribution < -0.4 is 10.6 Å². The van der Waals surface area contributed by atoms with Crippen molar-refractivity contribution in [2.45, 2.75) is 27.2 Å². The third-order valence-corrected chi connectivity index (χ3v) is 2.24. The summed E-state index contributed by atoms with van der Waals surface area (Å²) in [6.45, 7) is 5.58. The first-order valence-electron chi connectivity index (χ1n) is 5.69. The van der Waals surface area contributed by atoms with E-state index in [4.69, 9.17) is 12.2 Å². The van der Waals surface area contributed by atoms with E-state index in [1.165, 1.54) is 0 Å². The molecule has 0 aliphatic rings. The van der Waals surface area contributed by atoms with E-state index < -0.39 is 0 Å². The maximum absolute atomic E-state index is 11.0. The zero-order chi connectivity index (χ0) is 13.3. The molecule has 1 aromatic rings. The fourth-order valence-corrected chi connectivity index (χ4v) is 1.36. The molecule has 0 aliphatic heterocycles. The Hall–Kier alpha value is -1.42. The number of carbonyl (C=O) groups is 1. The van der Waals surface area contributed by atoms with Crippen molar-refractivity contribution in [3.63, 3.8) is 0 Å². The molecule has 0 unspecified atom stereocenters. The molecule has 0 amide bonds. The Morgan fingerprint density at radius 2 is 1.88 bits per heavy atom. The van der Waals surface area contributed by atoms with Crippen molar-refractivity contribution < 1.29 is 4.79 Å². The van der Waals surface area contributed by atoms with E-state index in [9.17, 15) is 4.79 Å². The summed E-state index contributed by atoms with van der Waals surface area (Å²) in [4.78, 5) is 11.0. The van der Waals surface area contributed by atoms with Gasteiger partial charge in [-0.3, -0.25) is 4.79 Å². The van der Waals surface area contributed by atoms with E-state index in [1.807, 2.05) is 38.1 Å². The first kappa shape index (κ1) is 15.6. The molecule has 0 bridgehead atoms. The van der Waals surface area contributed by atoms with Crippen LogP contribution in [0.4, 0.5) is 5.69 Å². The minimum Gasteiger partial charge on any atom is -0.366 e. The van der Waals surface area contributed by atoms with Crippen LogP contribution in [0.2, 0.25) is 0 Å². The Morgan fingerprint density at radius 3 is 2.41 bits per heavy atom. The minimum absolute atomic E-state index is 0.139. The van der Waals surface area contributed by atoms with Crippen molar-refractivity contribution >= 4 is 28.8 Å². The second kappa shape index (κ2) is 8.70. The van der Waals surface area contributed by atoms with Gasteiger partial charge in [-0.05, 0) is 30.8 Å². The third kappa shape index (κ3) is 6.02. The van der Waals surface area contributed by atoms with Crippen molar-refractivity contribution in [3.05, 3.63) is 29.8 Å². The fraction of sp³-hybridized carbons (Fsp3) is 0.385. The lowest BCUT2D eigenvalue weighted by Gasteiger charge is -2.11. The molecule has 0 heterocycles. The number of benzene rings is 1. The number of anilines is 1. The molecule has 3 nitrogen and oxygen atoms in total. The predicted molar refractivity (Wildman–Crippen MR) is 77.5 cm³/mol. The summed E-state index contributed by atoms with van der Waals surface area (Å²) in [5.41, 5.74) is 1.84. The van der Waals surface area contributed by atoms with Crippen LogP contribution in [0, 0.1) is 0 Å².